The van der Waals surface area contributed by atoms with Gasteiger partial charge in [0.1, 0.15) is 5.69 Å². The highest BCUT2D eigenvalue weighted by Crippen LogP contribution is 2.15. The predicted octanol–water partition coefficient (Wildman–Crippen LogP) is 2.62. The summed E-state index contributed by atoms with van der Waals surface area (Å²) in [6, 6.07) is 9.49. The second-order valence-electron chi connectivity index (χ2n) is 6.63. The third kappa shape index (κ3) is 3.47. The summed E-state index contributed by atoms with van der Waals surface area (Å²) < 4.78 is 1.57. The minimum absolute atomic E-state index is 0.167. The number of rotatable bonds is 4. The molecule has 0 radical (unpaired) electrons. The molecule has 0 aliphatic heterocycles. The topological polar surface area (TPSA) is 79.8 Å². The molecule has 6 heteroatoms. The van der Waals surface area contributed by atoms with Crippen LogP contribution in [0.2, 0.25) is 0 Å². The van der Waals surface area contributed by atoms with Crippen LogP contribution in [0.3, 0.4) is 0 Å². The molecule has 0 saturated carbocycles. The Bertz CT molecular complexity index is 998. The fourth-order valence-electron chi connectivity index (χ4n) is 2.74. The number of nitrogens with zero attached hydrogens (tertiary/aromatic N) is 2. The third-order valence-electron chi connectivity index (χ3n) is 4.24. The van der Waals surface area contributed by atoms with Gasteiger partial charge in [-0.3, -0.25) is 14.3 Å². The lowest BCUT2D eigenvalue weighted by Gasteiger charge is -2.07. The first-order valence-corrected chi connectivity index (χ1v) is 8.30. The molecule has 0 spiro atoms. The van der Waals surface area contributed by atoms with Crippen LogP contribution in [0.4, 0.5) is 0 Å². The van der Waals surface area contributed by atoms with Crippen LogP contribution >= 0.6 is 0 Å². The van der Waals surface area contributed by atoms with E-state index in [9.17, 15) is 9.59 Å². The number of benzene rings is 1. The summed E-state index contributed by atoms with van der Waals surface area (Å²) in [5.41, 5.74) is 3.57. The van der Waals surface area contributed by atoms with Crippen molar-refractivity contribution in [2.45, 2.75) is 33.2 Å². The van der Waals surface area contributed by atoms with E-state index >= 15 is 0 Å². The zero-order valence-corrected chi connectivity index (χ0v) is 14.9. The number of pyridine rings is 1. The highest BCUT2D eigenvalue weighted by molar-refractivity contribution is 5.92. The molecule has 0 bridgehead atoms. The zero-order valence-electron chi connectivity index (χ0n) is 14.9. The number of carbonyl (C=O) groups is 1. The van der Waals surface area contributed by atoms with E-state index in [1.165, 1.54) is 0 Å². The van der Waals surface area contributed by atoms with Gasteiger partial charge in [-0.1, -0.05) is 26.0 Å². The molecule has 6 nitrogen and oxygen atoms in total. The number of aryl methyl sites for hydroxylation is 2. The first kappa shape index (κ1) is 17.0. The highest BCUT2D eigenvalue weighted by atomic mass is 16.2. The molecule has 0 saturated heterocycles. The molecular formula is C19H22N4O2. The van der Waals surface area contributed by atoms with Gasteiger partial charge >= 0.3 is 0 Å². The Morgan fingerprint density at radius 2 is 2.04 bits per heavy atom. The summed E-state index contributed by atoms with van der Waals surface area (Å²) in [5.74, 6) is 0.00448. The smallest absolute Gasteiger partial charge is 0.269 e. The van der Waals surface area contributed by atoms with Gasteiger partial charge in [-0.05, 0) is 42.0 Å². The Hall–Kier alpha value is -2.89. The van der Waals surface area contributed by atoms with Crippen LogP contribution in [0.15, 0.2) is 35.1 Å². The van der Waals surface area contributed by atoms with E-state index in [0.29, 0.717) is 11.3 Å². The summed E-state index contributed by atoms with van der Waals surface area (Å²) in [4.78, 5) is 27.5. The number of carbonyl (C=O) groups excluding carboxylic acids is 1. The lowest BCUT2D eigenvalue weighted by atomic mass is 10.1. The monoisotopic (exact) mass is 338 g/mol. The average Bonchev–Trinajstić information content (AvgIpc) is 2.95. The maximum atomic E-state index is 12.4. The number of amides is 1. The van der Waals surface area contributed by atoms with Gasteiger partial charge in [0.05, 0.1) is 5.69 Å². The van der Waals surface area contributed by atoms with Crippen molar-refractivity contribution < 1.29 is 4.79 Å². The van der Waals surface area contributed by atoms with E-state index in [2.05, 4.69) is 15.4 Å². The van der Waals surface area contributed by atoms with Crippen LogP contribution in [-0.2, 0) is 13.6 Å². The fourth-order valence-corrected chi connectivity index (χ4v) is 2.74. The van der Waals surface area contributed by atoms with Gasteiger partial charge in [0.25, 0.3) is 11.5 Å². The number of aromatic amines is 1. The van der Waals surface area contributed by atoms with E-state index in [1.807, 2.05) is 45.0 Å². The Morgan fingerprint density at radius 1 is 1.28 bits per heavy atom. The van der Waals surface area contributed by atoms with Crippen LogP contribution < -0.4 is 10.9 Å². The van der Waals surface area contributed by atoms with Crippen LogP contribution in [-0.4, -0.2) is 20.7 Å². The average molecular weight is 338 g/mol. The molecule has 2 aromatic heterocycles. The minimum atomic E-state index is -0.245. The Balaban J connectivity index is 1.80. The molecule has 0 atom stereocenters. The molecule has 1 aromatic carbocycles. The maximum absolute atomic E-state index is 12.4. The molecule has 3 aromatic rings. The summed E-state index contributed by atoms with van der Waals surface area (Å²) in [6.45, 7) is 6.20. The molecule has 2 N–H and O–H groups in total. The van der Waals surface area contributed by atoms with Crippen molar-refractivity contribution in [3.63, 3.8) is 0 Å². The van der Waals surface area contributed by atoms with Gasteiger partial charge in [0.15, 0.2) is 0 Å². The Kier molecular flexibility index (Phi) is 4.44. The number of aromatic nitrogens is 3. The lowest BCUT2D eigenvalue weighted by molar-refractivity contribution is 0.0941. The van der Waals surface area contributed by atoms with E-state index in [-0.39, 0.29) is 23.9 Å². The first-order valence-electron chi connectivity index (χ1n) is 8.30. The van der Waals surface area contributed by atoms with Gasteiger partial charge in [0.2, 0.25) is 0 Å². The summed E-state index contributed by atoms with van der Waals surface area (Å²) in [5, 5.41) is 8.09. The van der Waals surface area contributed by atoms with Crippen molar-refractivity contribution in [3.8, 4) is 0 Å². The van der Waals surface area contributed by atoms with Crippen LogP contribution in [0.25, 0.3) is 10.9 Å². The van der Waals surface area contributed by atoms with Gasteiger partial charge in [-0.25, -0.2) is 0 Å². The molecule has 3 rings (SSSR count). The highest BCUT2D eigenvalue weighted by Gasteiger charge is 2.15. The van der Waals surface area contributed by atoms with Crippen molar-refractivity contribution >= 4 is 16.8 Å². The molecule has 2 heterocycles. The van der Waals surface area contributed by atoms with Crippen molar-refractivity contribution in [2.75, 3.05) is 0 Å². The molecule has 25 heavy (non-hydrogen) atoms. The largest absolute Gasteiger partial charge is 0.346 e. The molecule has 0 aliphatic carbocycles. The van der Waals surface area contributed by atoms with Crippen LogP contribution in [0.1, 0.15) is 47.1 Å². The molecule has 0 unspecified atom stereocenters. The number of hydrogen-bond donors (Lipinski definition) is 2. The van der Waals surface area contributed by atoms with Gasteiger partial charge in [-0.2, -0.15) is 5.10 Å². The molecule has 0 fully saturated rings. The second kappa shape index (κ2) is 6.55. The zero-order chi connectivity index (χ0) is 18.1. The number of nitrogens with one attached hydrogen (secondary N) is 2. The summed E-state index contributed by atoms with van der Waals surface area (Å²) in [7, 11) is 1.74. The van der Waals surface area contributed by atoms with Crippen LogP contribution in [0.5, 0.6) is 0 Å². The second-order valence-corrected chi connectivity index (χ2v) is 6.63. The number of hydrogen-bond acceptors (Lipinski definition) is 3. The number of H-pyrrole nitrogens is 1. The summed E-state index contributed by atoms with van der Waals surface area (Å²) in [6.07, 6.45) is 0. The van der Waals surface area contributed by atoms with Crippen LogP contribution in [0, 0.1) is 6.92 Å². The van der Waals surface area contributed by atoms with E-state index < -0.39 is 0 Å². The number of fused-ring (bicyclic) bond motifs is 1. The Labute approximate surface area is 145 Å². The third-order valence-corrected chi connectivity index (χ3v) is 4.24. The van der Waals surface area contributed by atoms with Crippen molar-refractivity contribution in [3.05, 3.63) is 63.2 Å². The SMILES string of the molecule is Cc1ccc2cc(CNC(=O)c3cc(C(C)C)nn3C)c(=O)[nH]c2c1. The van der Waals surface area contributed by atoms with Gasteiger partial charge in [0, 0.05) is 24.7 Å². The van der Waals surface area contributed by atoms with E-state index in [0.717, 1.165) is 22.2 Å². The van der Waals surface area contributed by atoms with Crippen molar-refractivity contribution in [2.24, 2.45) is 7.05 Å². The first-order chi connectivity index (χ1) is 11.8. The van der Waals surface area contributed by atoms with E-state index in [1.54, 1.807) is 17.8 Å². The normalized spacial score (nSPS) is 11.2. The maximum Gasteiger partial charge on any atom is 0.269 e. The quantitative estimate of drug-likeness (QED) is 0.767. The molecule has 1 amide bonds. The standard InChI is InChI=1S/C19H22N4O2/c1-11(2)15-9-17(23(4)22-15)19(25)20-10-14-8-13-6-5-12(3)7-16(13)21-18(14)24/h5-9,11H,10H2,1-4H3,(H,20,25)(H,21,24). The van der Waals surface area contributed by atoms with Crippen molar-refractivity contribution in [1.82, 2.24) is 20.1 Å². The van der Waals surface area contributed by atoms with Gasteiger partial charge in [-0.15, -0.1) is 0 Å². The molecular weight excluding hydrogens is 316 g/mol. The Morgan fingerprint density at radius 3 is 2.72 bits per heavy atom. The minimum Gasteiger partial charge on any atom is -0.346 e. The van der Waals surface area contributed by atoms with E-state index in [4.69, 9.17) is 0 Å². The van der Waals surface area contributed by atoms with Gasteiger partial charge < -0.3 is 10.3 Å². The lowest BCUT2D eigenvalue weighted by Crippen LogP contribution is -2.28. The summed E-state index contributed by atoms with van der Waals surface area (Å²) >= 11 is 0. The predicted molar refractivity (Wildman–Crippen MR) is 97.8 cm³/mol. The van der Waals surface area contributed by atoms with Crippen molar-refractivity contribution in [1.29, 1.82) is 0 Å². The fraction of sp³-hybridized carbons (Fsp3) is 0.316. The molecule has 0 aliphatic rings. The molecule has 130 valence electrons.